The summed E-state index contributed by atoms with van der Waals surface area (Å²) in [6, 6.07) is 9.49. The van der Waals surface area contributed by atoms with Gasteiger partial charge in [0.15, 0.2) is 0 Å². The summed E-state index contributed by atoms with van der Waals surface area (Å²) in [7, 11) is 1.63. The summed E-state index contributed by atoms with van der Waals surface area (Å²) in [5.41, 5.74) is 2.53. The van der Waals surface area contributed by atoms with Gasteiger partial charge < -0.3 is 19.7 Å². The normalized spacial score (nSPS) is 14.3. The number of aromatic nitrogens is 1. The smallest absolute Gasteiger partial charge is 0.253 e. The molecule has 0 bridgehead atoms. The van der Waals surface area contributed by atoms with Crippen molar-refractivity contribution in [3.05, 3.63) is 53.9 Å². The molecule has 1 fully saturated rings. The quantitative estimate of drug-likeness (QED) is 0.908. The zero-order valence-electron chi connectivity index (χ0n) is 13.7. The Kier molecular flexibility index (Phi) is 5.28. The van der Waals surface area contributed by atoms with Gasteiger partial charge in [0.2, 0.25) is 0 Å². The van der Waals surface area contributed by atoms with Crippen molar-refractivity contribution in [2.45, 2.75) is 6.54 Å². The molecule has 6 nitrogen and oxygen atoms in total. The fourth-order valence-corrected chi connectivity index (χ4v) is 2.57. The Morgan fingerprint density at radius 3 is 2.71 bits per heavy atom. The molecule has 1 aliphatic rings. The lowest BCUT2D eigenvalue weighted by Crippen LogP contribution is -2.36. The first-order chi connectivity index (χ1) is 11.8. The third kappa shape index (κ3) is 4.02. The molecule has 0 unspecified atom stereocenters. The molecule has 2 heterocycles. The van der Waals surface area contributed by atoms with E-state index >= 15 is 0 Å². The van der Waals surface area contributed by atoms with Crippen molar-refractivity contribution in [3.8, 4) is 5.75 Å². The molecule has 24 heavy (non-hydrogen) atoms. The van der Waals surface area contributed by atoms with E-state index in [0.29, 0.717) is 25.3 Å². The molecule has 0 spiro atoms. The predicted molar refractivity (Wildman–Crippen MR) is 91.4 cm³/mol. The highest BCUT2D eigenvalue weighted by atomic mass is 16.5. The van der Waals surface area contributed by atoms with E-state index in [1.54, 1.807) is 19.5 Å². The Morgan fingerprint density at radius 1 is 1.25 bits per heavy atom. The van der Waals surface area contributed by atoms with Crippen molar-refractivity contribution < 1.29 is 14.3 Å². The molecule has 1 aromatic heterocycles. The summed E-state index contributed by atoms with van der Waals surface area (Å²) >= 11 is 0. The van der Waals surface area contributed by atoms with Crippen LogP contribution in [0.25, 0.3) is 0 Å². The zero-order valence-corrected chi connectivity index (χ0v) is 13.7. The highest BCUT2D eigenvalue weighted by molar-refractivity contribution is 5.94. The minimum Gasteiger partial charge on any atom is -0.497 e. The van der Waals surface area contributed by atoms with E-state index in [9.17, 15) is 4.79 Å². The number of carbonyl (C=O) groups is 1. The topological polar surface area (TPSA) is 63.7 Å². The van der Waals surface area contributed by atoms with Crippen LogP contribution >= 0.6 is 0 Å². The highest BCUT2D eigenvalue weighted by Gasteiger charge is 2.14. The lowest BCUT2D eigenvalue weighted by molar-refractivity contribution is 0.0950. The van der Waals surface area contributed by atoms with Gasteiger partial charge >= 0.3 is 0 Å². The maximum atomic E-state index is 12.4. The van der Waals surface area contributed by atoms with Crippen LogP contribution in [0.4, 0.5) is 5.69 Å². The van der Waals surface area contributed by atoms with Crippen LogP contribution in [0.3, 0.4) is 0 Å². The summed E-state index contributed by atoms with van der Waals surface area (Å²) in [5, 5.41) is 2.92. The predicted octanol–water partition coefficient (Wildman–Crippen LogP) is 1.86. The molecule has 2 aromatic rings. The molecule has 0 aliphatic carbocycles. The highest BCUT2D eigenvalue weighted by Crippen LogP contribution is 2.16. The molecule has 1 saturated heterocycles. The van der Waals surface area contributed by atoms with Crippen LogP contribution < -0.4 is 15.0 Å². The largest absolute Gasteiger partial charge is 0.497 e. The third-order valence-electron chi connectivity index (χ3n) is 3.97. The van der Waals surface area contributed by atoms with Crippen LogP contribution in [-0.2, 0) is 11.3 Å². The van der Waals surface area contributed by atoms with E-state index in [-0.39, 0.29) is 5.91 Å². The molecule has 1 N–H and O–H groups in total. The number of ether oxygens (including phenoxy) is 2. The van der Waals surface area contributed by atoms with Crippen LogP contribution in [0.2, 0.25) is 0 Å². The Bertz CT molecular complexity index is 682. The van der Waals surface area contributed by atoms with E-state index < -0.39 is 0 Å². The van der Waals surface area contributed by atoms with Crippen molar-refractivity contribution in [3.63, 3.8) is 0 Å². The molecule has 1 aromatic carbocycles. The Balaban J connectivity index is 1.61. The van der Waals surface area contributed by atoms with Gasteiger partial charge in [-0.3, -0.25) is 9.78 Å². The number of methoxy groups -OCH3 is 1. The summed E-state index contributed by atoms with van der Waals surface area (Å²) < 4.78 is 10.5. The molecular formula is C18H21N3O3. The van der Waals surface area contributed by atoms with E-state index in [1.165, 1.54) is 0 Å². The van der Waals surface area contributed by atoms with E-state index in [1.807, 2.05) is 30.3 Å². The third-order valence-corrected chi connectivity index (χ3v) is 3.97. The second kappa shape index (κ2) is 7.79. The standard InChI is InChI=1S/C18H21N3O3/c1-23-17-4-2-14(3-5-17)11-20-18(22)15-10-16(13-19-12-15)21-6-8-24-9-7-21/h2-5,10,12-13H,6-9,11H2,1H3,(H,20,22). The number of nitrogens with zero attached hydrogens (tertiary/aromatic N) is 2. The van der Waals surface area contributed by atoms with E-state index in [0.717, 1.165) is 30.1 Å². The van der Waals surface area contributed by atoms with E-state index in [4.69, 9.17) is 9.47 Å². The van der Waals surface area contributed by atoms with Crippen LogP contribution in [-0.4, -0.2) is 44.3 Å². The van der Waals surface area contributed by atoms with Crippen molar-refractivity contribution in [1.29, 1.82) is 0 Å². The lowest BCUT2D eigenvalue weighted by Gasteiger charge is -2.28. The molecule has 0 radical (unpaired) electrons. The lowest BCUT2D eigenvalue weighted by atomic mass is 10.2. The molecule has 0 atom stereocenters. The van der Waals surface area contributed by atoms with Crippen molar-refractivity contribution in [2.24, 2.45) is 0 Å². The monoisotopic (exact) mass is 327 g/mol. The van der Waals surface area contributed by atoms with Crippen LogP contribution in [0.1, 0.15) is 15.9 Å². The first-order valence-corrected chi connectivity index (χ1v) is 7.95. The number of pyridine rings is 1. The zero-order chi connectivity index (χ0) is 16.8. The van der Waals surface area contributed by atoms with Gasteiger partial charge in [0, 0.05) is 25.8 Å². The molecule has 0 saturated carbocycles. The molecular weight excluding hydrogens is 306 g/mol. The average Bonchev–Trinajstić information content (AvgIpc) is 2.67. The fourth-order valence-electron chi connectivity index (χ4n) is 2.57. The van der Waals surface area contributed by atoms with Crippen molar-refractivity contribution >= 4 is 11.6 Å². The summed E-state index contributed by atoms with van der Waals surface area (Å²) in [6.45, 7) is 3.50. The van der Waals surface area contributed by atoms with Gasteiger partial charge in [-0.15, -0.1) is 0 Å². The Labute approximate surface area is 141 Å². The number of amides is 1. The maximum Gasteiger partial charge on any atom is 0.253 e. The SMILES string of the molecule is COc1ccc(CNC(=O)c2cncc(N3CCOCC3)c2)cc1. The van der Waals surface area contributed by atoms with Gasteiger partial charge in [0.1, 0.15) is 5.75 Å². The van der Waals surface area contributed by atoms with E-state index in [2.05, 4.69) is 15.2 Å². The minimum absolute atomic E-state index is 0.131. The maximum absolute atomic E-state index is 12.4. The Hall–Kier alpha value is -2.60. The summed E-state index contributed by atoms with van der Waals surface area (Å²) in [5.74, 6) is 0.668. The van der Waals surface area contributed by atoms with Gasteiger partial charge in [0.05, 0.1) is 37.8 Å². The molecule has 1 aliphatic heterocycles. The Morgan fingerprint density at radius 2 is 2.00 bits per heavy atom. The number of morpholine rings is 1. The number of nitrogens with one attached hydrogen (secondary N) is 1. The molecule has 1 amide bonds. The number of rotatable bonds is 5. The van der Waals surface area contributed by atoms with Crippen LogP contribution in [0, 0.1) is 0 Å². The van der Waals surface area contributed by atoms with Gasteiger partial charge in [-0.2, -0.15) is 0 Å². The molecule has 3 rings (SSSR count). The number of hydrogen-bond donors (Lipinski definition) is 1. The first kappa shape index (κ1) is 16.3. The van der Waals surface area contributed by atoms with Gasteiger partial charge in [0.25, 0.3) is 5.91 Å². The van der Waals surface area contributed by atoms with Gasteiger partial charge in [-0.25, -0.2) is 0 Å². The van der Waals surface area contributed by atoms with Crippen LogP contribution in [0.5, 0.6) is 5.75 Å². The summed E-state index contributed by atoms with van der Waals surface area (Å²) in [6.07, 6.45) is 3.37. The number of anilines is 1. The van der Waals surface area contributed by atoms with Crippen molar-refractivity contribution in [2.75, 3.05) is 38.3 Å². The minimum atomic E-state index is -0.131. The number of benzene rings is 1. The molecule has 126 valence electrons. The van der Waals surface area contributed by atoms with Crippen molar-refractivity contribution in [1.82, 2.24) is 10.3 Å². The second-order valence-corrected chi connectivity index (χ2v) is 5.56. The first-order valence-electron chi connectivity index (χ1n) is 7.95. The fraction of sp³-hybridized carbons (Fsp3) is 0.333. The molecule has 6 heteroatoms. The number of hydrogen-bond acceptors (Lipinski definition) is 5. The summed E-state index contributed by atoms with van der Waals surface area (Å²) in [4.78, 5) is 18.7. The average molecular weight is 327 g/mol. The van der Waals surface area contributed by atoms with Gasteiger partial charge in [-0.1, -0.05) is 12.1 Å². The van der Waals surface area contributed by atoms with Crippen LogP contribution in [0.15, 0.2) is 42.7 Å². The van der Waals surface area contributed by atoms with Gasteiger partial charge in [-0.05, 0) is 23.8 Å². The second-order valence-electron chi connectivity index (χ2n) is 5.56. The number of carbonyl (C=O) groups excluding carboxylic acids is 1.